The molecule has 1 fully saturated rings. The number of carbonyl (C=O) groups excluding carboxylic acids is 1. The van der Waals surface area contributed by atoms with E-state index in [4.69, 9.17) is 14.2 Å². The number of benzene rings is 2. The van der Waals surface area contributed by atoms with Gasteiger partial charge in [-0.2, -0.15) is 0 Å². The quantitative estimate of drug-likeness (QED) is 0.686. The molecule has 0 spiro atoms. The van der Waals surface area contributed by atoms with E-state index in [1.165, 1.54) is 0 Å². The van der Waals surface area contributed by atoms with E-state index in [-0.39, 0.29) is 5.91 Å². The molecule has 1 saturated heterocycles. The van der Waals surface area contributed by atoms with Crippen molar-refractivity contribution < 1.29 is 19.0 Å². The minimum atomic E-state index is -0.102. The van der Waals surface area contributed by atoms with Gasteiger partial charge in [0.2, 0.25) is 0 Å². The second-order valence-corrected chi connectivity index (χ2v) is 7.29. The standard InChI is InChI=1S/C22H23N3O4/c26-22(23-3-4-25-5-7-27-8-6-25)17-11-16-2-1-15-12-19-20(29-10-9-28-19)13-18(15)21(16)24-14-17/h1-2,11-14H,3-10H2,(H,23,26). The highest BCUT2D eigenvalue weighted by atomic mass is 16.6. The SMILES string of the molecule is O=C(NCCN1CCOCC1)c1cnc2c(ccc3cc4c(cc32)OCCO4)c1. The molecule has 5 rings (SSSR count). The van der Waals surface area contributed by atoms with Crippen molar-refractivity contribution in [2.24, 2.45) is 0 Å². The summed E-state index contributed by atoms with van der Waals surface area (Å²) in [5, 5.41) is 5.95. The third-order valence-electron chi connectivity index (χ3n) is 5.41. The van der Waals surface area contributed by atoms with E-state index in [0.717, 1.165) is 66.0 Å². The molecule has 0 saturated carbocycles. The van der Waals surface area contributed by atoms with Crippen molar-refractivity contribution in [2.45, 2.75) is 0 Å². The van der Waals surface area contributed by atoms with E-state index < -0.39 is 0 Å². The monoisotopic (exact) mass is 393 g/mol. The molecule has 7 nitrogen and oxygen atoms in total. The summed E-state index contributed by atoms with van der Waals surface area (Å²) < 4.78 is 16.7. The second-order valence-electron chi connectivity index (χ2n) is 7.29. The fraction of sp³-hybridized carbons (Fsp3) is 0.364. The van der Waals surface area contributed by atoms with E-state index >= 15 is 0 Å². The van der Waals surface area contributed by atoms with Crippen LogP contribution in [0.3, 0.4) is 0 Å². The summed E-state index contributed by atoms with van der Waals surface area (Å²) >= 11 is 0. The van der Waals surface area contributed by atoms with Crippen LogP contribution in [-0.4, -0.2) is 68.4 Å². The Labute approximate surface area is 168 Å². The van der Waals surface area contributed by atoms with Gasteiger partial charge in [0.15, 0.2) is 11.5 Å². The number of hydrogen-bond acceptors (Lipinski definition) is 6. The van der Waals surface area contributed by atoms with Crippen molar-refractivity contribution >= 4 is 27.6 Å². The lowest BCUT2D eigenvalue weighted by Gasteiger charge is -2.26. The first-order valence-corrected chi connectivity index (χ1v) is 9.98. The highest BCUT2D eigenvalue weighted by molar-refractivity contribution is 6.08. The number of aromatic nitrogens is 1. The van der Waals surface area contributed by atoms with Gasteiger partial charge in [-0.3, -0.25) is 14.7 Å². The Morgan fingerprint density at radius 2 is 1.76 bits per heavy atom. The van der Waals surface area contributed by atoms with Crippen molar-refractivity contribution in [2.75, 3.05) is 52.6 Å². The molecular formula is C22H23N3O4. The summed E-state index contributed by atoms with van der Waals surface area (Å²) in [5.74, 6) is 1.40. The Balaban J connectivity index is 1.35. The highest BCUT2D eigenvalue weighted by Gasteiger charge is 2.16. The fourth-order valence-electron chi connectivity index (χ4n) is 3.84. The number of carbonyl (C=O) groups is 1. The number of ether oxygens (including phenoxy) is 3. The topological polar surface area (TPSA) is 72.9 Å². The van der Waals surface area contributed by atoms with Gasteiger partial charge in [0.1, 0.15) is 13.2 Å². The molecule has 0 radical (unpaired) electrons. The number of morpholine rings is 1. The van der Waals surface area contributed by atoms with Crippen molar-refractivity contribution in [3.8, 4) is 11.5 Å². The number of nitrogens with one attached hydrogen (secondary N) is 1. The van der Waals surface area contributed by atoms with Crippen LogP contribution < -0.4 is 14.8 Å². The van der Waals surface area contributed by atoms with Crippen molar-refractivity contribution in [3.05, 3.63) is 42.1 Å². The zero-order valence-corrected chi connectivity index (χ0v) is 16.1. The van der Waals surface area contributed by atoms with Crippen molar-refractivity contribution in [1.29, 1.82) is 0 Å². The summed E-state index contributed by atoms with van der Waals surface area (Å²) in [4.78, 5) is 19.4. The molecule has 0 aliphatic carbocycles. The maximum atomic E-state index is 12.6. The summed E-state index contributed by atoms with van der Waals surface area (Å²) in [5.41, 5.74) is 1.42. The van der Waals surface area contributed by atoms with Gasteiger partial charge in [-0.05, 0) is 23.6 Å². The lowest BCUT2D eigenvalue weighted by molar-refractivity contribution is 0.0383. The first-order chi connectivity index (χ1) is 14.3. The number of pyridine rings is 1. The molecule has 0 bridgehead atoms. The van der Waals surface area contributed by atoms with E-state index in [0.29, 0.717) is 25.3 Å². The molecule has 2 aliphatic heterocycles. The zero-order valence-electron chi connectivity index (χ0n) is 16.1. The van der Waals surface area contributed by atoms with Crippen molar-refractivity contribution in [3.63, 3.8) is 0 Å². The largest absolute Gasteiger partial charge is 0.486 e. The highest BCUT2D eigenvalue weighted by Crippen LogP contribution is 2.36. The average molecular weight is 393 g/mol. The minimum absolute atomic E-state index is 0.102. The van der Waals surface area contributed by atoms with Gasteiger partial charge < -0.3 is 19.5 Å². The molecule has 7 heteroatoms. The van der Waals surface area contributed by atoms with E-state index in [9.17, 15) is 4.79 Å². The normalized spacial score (nSPS) is 16.8. The molecular weight excluding hydrogens is 370 g/mol. The molecule has 1 amide bonds. The van der Waals surface area contributed by atoms with Gasteiger partial charge in [-0.25, -0.2) is 0 Å². The molecule has 1 N–H and O–H groups in total. The van der Waals surface area contributed by atoms with E-state index in [1.807, 2.05) is 30.3 Å². The Morgan fingerprint density at radius 1 is 1.00 bits per heavy atom. The Morgan fingerprint density at radius 3 is 2.59 bits per heavy atom. The predicted octanol–water partition coefficient (Wildman–Crippen LogP) is 2.22. The van der Waals surface area contributed by atoms with Gasteiger partial charge in [-0.15, -0.1) is 0 Å². The average Bonchev–Trinajstić information content (AvgIpc) is 2.78. The molecule has 2 aliphatic rings. The third kappa shape index (κ3) is 3.71. The van der Waals surface area contributed by atoms with Crippen LogP contribution in [0.1, 0.15) is 10.4 Å². The fourth-order valence-corrected chi connectivity index (χ4v) is 3.84. The maximum absolute atomic E-state index is 12.6. The summed E-state index contributed by atoms with van der Waals surface area (Å²) in [6.45, 7) is 5.90. The van der Waals surface area contributed by atoms with Crippen molar-refractivity contribution in [1.82, 2.24) is 15.2 Å². The minimum Gasteiger partial charge on any atom is -0.486 e. The van der Waals surface area contributed by atoms with Crippen LogP contribution in [0.2, 0.25) is 0 Å². The Hall–Kier alpha value is -2.90. The lowest BCUT2D eigenvalue weighted by Crippen LogP contribution is -2.41. The predicted molar refractivity (Wildman–Crippen MR) is 110 cm³/mol. The van der Waals surface area contributed by atoms with Crippen LogP contribution in [0.5, 0.6) is 11.5 Å². The number of nitrogens with zero attached hydrogens (tertiary/aromatic N) is 2. The summed E-state index contributed by atoms with van der Waals surface area (Å²) in [6, 6.07) is 9.87. The zero-order chi connectivity index (χ0) is 19.6. The number of rotatable bonds is 4. The number of fused-ring (bicyclic) bond motifs is 4. The van der Waals surface area contributed by atoms with Gasteiger partial charge in [0.25, 0.3) is 5.91 Å². The number of hydrogen-bond donors (Lipinski definition) is 1. The third-order valence-corrected chi connectivity index (χ3v) is 5.41. The van der Waals surface area contributed by atoms with Crippen LogP contribution in [-0.2, 0) is 4.74 Å². The van der Waals surface area contributed by atoms with Crippen LogP contribution >= 0.6 is 0 Å². The maximum Gasteiger partial charge on any atom is 0.252 e. The molecule has 0 atom stereocenters. The number of amides is 1. The molecule has 2 aromatic carbocycles. The van der Waals surface area contributed by atoms with E-state index in [2.05, 4.69) is 15.2 Å². The van der Waals surface area contributed by atoms with Gasteiger partial charge in [-0.1, -0.05) is 12.1 Å². The van der Waals surface area contributed by atoms with Crippen LogP contribution in [0.15, 0.2) is 36.5 Å². The molecule has 0 unspecified atom stereocenters. The lowest BCUT2D eigenvalue weighted by atomic mass is 10.0. The first kappa shape index (κ1) is 18.1. The molecule has 29 heavy (non-hydrogen) atoms. The molecule has 150 valence electrons. The van der Waals surface area contributed by atoms with Gasteiger partial charge in [0, 0.05) is 43.1 Å². The van der Waals surface area contributed by atoms with Gasteiger partial charge >= 0.3 is 0 Å². The van der Waals surface area contributed by atoms with E-state index in [1.54, 1.807) is 6.20 Å². The molecule has 3 aromatic rings. The first-order valence-electron chi connectivity index (χ1n) is 9.98. The molecule has 3 heterocycles. The van der Waals surface area contributed by atoms with Gasteiger partial charge in [0.05, 0.1) is 24.3 Å². The summed E-state index contributed by atoms with van der Waals surface area (Å²) in [7, 11) is 0. The Kier molecular flexibility index (Phi) is 4.91. The molecule has 1 aromatic heterocycles. The van der Waals surface area contributed by atoms with Crippen LogP contribution in [0, 0.1) is 0 Å². The van der Waals surface area contributed by atoms with Crippen LogP contribution in [0.4, 0.5) is 0 Å². The van der Waals surface area contributed by atoms with Crippen LogP contribution in [0.25, 0.3) is 21.7 Å². The Bertz CT molecular complexity index is 1060. The second kappa shape index (κ2) is 7.85. The summed E-state index contributed by atoms with van der Waals surface area (Å²) in [6.07, 6.45) is 1.64. The smallest absolute Gasteiger partial charge is 0.252 e.